The van der Waals surface area contributed by atoms with Crippen molar-refractivity contribution < 1.29 is 9.29 Å². The van der Waals surface area contributed by atoms with Crippen LogP contribution in [0.5, 0.6) is 5.75 Å². The van der Waals surface area contributed by atoms with E-state index in [2.05, 4.69) is 9.62 Å². The number of ether oxygens (including phenoxy) is 1. The number of piperazine rings is 1. The zero-order valence-corrected chi connectivity index (χ0v) is 11.3. The Bertz CT molecular complexity index is 413. The normalized spacial score (nSPS) is 29.2. The minimum atomic E-state index is -1.07. The van der Waals surface area contributed by atoms with Crippen LogP contribution < -0.4 is 10.1 Å². The molecule has 2 saturated heterocycles. The molecule has 1 N–H and O–H groups in total. The molecule has 1 aromatic rings. The number of nitrogens with zero attached hydrogens (tertiary/aromatic N) is 1. The number of hydrogen-bond donors (Lipinski definition) is 1. The van der Waals surface area contributed by atoms with Gasteiger partial charge in [0.05, 0.1) is 30.6 Å². The molecular weight excluding hydrogens is 248 g/mol. The maximum Gasteiger partial charge on any atom is 0.177 e. The van der Waals surface area contributed by atoms with Gasteiger partial charge in [-0.15, -0.1) is 4.31 Å². The van der Waals surface area contributed by atoms with Crippen LogP contribution >= 0.6 is 0 Å². The van der Waals surface area contributed by atoms with Crippen LogP contribution in [0, 0.1) is 0 Å². The highest BCUT2D eigenvalue weighted by molar-refractivity contribution is 7.89. The molecule has 2 bridgehead atoms. The van der Waals surface area contributed by atoms with Crippen LogP contribution in [0.25, 0.3) is 0 Å². The van der Waals surface area contributed by atoms with E-state index in [1.165, 1.54) is 0 Å². The average molecular weight is 266 g/mol. The van der Waals surface area contributed by atoms with Gasteiger partial charge in [-0.2, -0.15) is 0 Å². The molecule has 4 nitrogen and oxygen atoms in total. The molecule has 0 aliphatic carbocycles. The van der Waals surface area contributed by atoms with Gasteiger partial charge < -0.3 is 14.6 Å². The Morgan fingerprint density at radius 2 is 2.06 bits per heavy atom. The molecular formula is C13H18N2O2S. The lowest BCUT2D eigenvalue weighted by atomic mass is 10.2. The van der Waals surface area contributed by atoms with Crippen LogP contribution in [-0.2, 0) is 11.4 Å². The second-order valence-corrected chi connectivity index (χ2v) is 6.22. The molecule has 2 heterocycles. The topological polar surface area (TPSA) is 47.6 Å². The Morgan fingerprint density at radius 1 is 1.33 bits per heavy atom. The van der Waals surface area contributed by atoms with E-state index in [-0.39, 0.29) is 0 Å². The van der Waals surface area contributed by atoms with Gasteiger partial charge in [-0.25, -0.2) is 0 Å². The highest BCUT2D eigenvalue weighted by Gasteiger charge is 2.44. The first-order valence-corrected chi connectivity index (χ1v) is 7.45. The lowest BCUT2D eigenvalue weighted by Crippen LogP contribution is -2.53. The summed E-state index contributed by atoms with van der Waals surface area (Å²) in [5.41, 5.74) is 0. The van der Waals surface area contributed by atoms with Crippen molar-refractivity contribution in [3.63, 3.8) is 0 Å². The summed E-state index contributed by atoms with van der Waals surface area (Å²) in [6.07, 6.45) is 2.29. The maximum atomic E-state index is 12.7. The first-order valence-electron chi connectivity index (χ1n) is 6.34. The number of nitrogens with one attached hydrogen (secondary N) is 1. The van der Waals surface area contributed by atoms with Gasteiger partial charge in [0, 0.05) is 19.2 Å². The van der Waals surface area contributed by atoms with Crippen molar-refractivity contribution in [1.29, 1.82) is 0 Å². The zero-order chi connectivity index (χ0) is 12.5. The molecule has 2 fully saturated rings. The van der Waals surface area contributed by atoms with Crippen molar-refractivity contribution in [1.82, 2.24) is 9.62 Å². The molecule has 0 spiro atoms. The summed E-state index contributed by atoms with van der Waals surface area (Å²) >= 11 is -1.07. The van der Waals surface area contributed by atoms with Crippen molar-refractivity contribution in [2.45, 2.75) is 29.8 Å². The summed E-state index contributed by atoms with van der Waals surface area (Å²) in [4.78, 5) is 0.841. The van der Waals surface area contributed by atoms with Crippen LogP contribution in [0.15, 0.2) is 29.2 Å². The van der Waals surface area contributed by atoms with Gasteiger partial charge in [-0.3, -0.25) is 0 Å². The Kier molecular flexibility index (Phi) is 3.48. The smallest absolute Gasteiger partial charge is 0.177 e. The van der Waals surface area contributed by atoms with Gasteiger partial charge in [-0.05, 0) is 25.0 Å². The van der Waals surface area contributed by atoms with Crippen LogP contribution in [-0.4, -0.2) is 41.1 Å². The summed E-state index contributed by atoms with van der Waals surface area (Å²) in [5.74, 6) is 0.767. The summed E-state index contributed by atoms with van der Waals surface area (Å²) in [5, 5.41) is 3.40. The number of benzene rings is 1. The Balaban J connectivity index is 1.83. The van der Waals surface area contributed by atoms with E-state index < -0.39 is 11.4 Å². The largest absolute Gasteiger partial charge is 0.593 e. The van der Waals surface area contributed by atoms with Crippen LogP contribution in [0.3, 0.4) is 0 Å². The van der Waals surface area contributed by atoms with E-state index in [1.54, 1.807) is 7.11 Å². The Hall–Kier alpha value is -0.750. The quantitative estimate of drug-likeness (QED) is 0.834. The predicted molar refractivity (Wildman–Crippen MR) is 70.9 cm³/mol. The molecule has 2 aliphatic rings. The van der Waals surface area contributed by atoms with Crippen molar-refractivity contribution in [3.8, 4) is 5.75 Å². The van der Waals surface area contributed by atoms with Crippen molar-refractivity contribution in [2.24, 2.45) is 0 Å². The molecule has 3 rings (SSSR count). The standard InChI is InChI=1S/C13H18N2O2S/c1-17-12-3-2-4-13(7-12)18(16)15-10-5-6-11(15)9-14-8-10/h2-4,7,10-11,14H,5-6,8-9H2,1H3/t10-,11?,18?/m1/s1. The predicted octanol–water partition coefficient (Wildman–Crippen LogP) is 1.15. The number of hydrogen-bond acceptors (Lipinski definition) is 4. The lowest BCUT2D eigenvalue weighted by molar-refractivity contribution is 0.263. The van der Waals surface area contributed by atoms with Gasteiger partial charge in [0.25, 0.3) is 0 Å². The van der Waals surface area contributed by atoms with E-state index in [0.29, 0.717) is 12.1 Å². The summed E-state index contributed by atoms with van der Waals surface area (Å²) in [7, 11) is 1.64. The SMILES string of the molecule is COc1cccc([S+]([O-])N2C3CC[C@@H]2CNC3)c1. The number of methoxy groups -OCH3 is 1. The lowest BCUT2D eigenvalue weighted by Gasteiger charge is -2.34. The Labute approximate surface area is 111 Å². The van der Waals surface area contributed by atoms with E-state index in [0.717, 1.165) is 36.6 Å². The first kappa shape index (κ1) is 12.3. The van der Waals surface area contributed by atoms with Crippen LogP contribution in [0.2, 0.25) is 0 Å². The Morgan fingerprint density at radius 3 is 2.72 bits per heavy atom. The zero-order valence-electron chi connectivity index (χ0n) is 10.5. The highest BCUT2D eigenvalue weighted by atomic mass is 32.2. The monoisotopic (exact) mass is 266 g/mol. The molecule has 0 radical (unpaired) electrons. The van der Waals surface area contributed by atoms with Gasteiger partial charge in [-0.1, -0.05) is 6.07 Å². The summed E-state index contributed by atoms with van der Waals surface area (Å²) in [6, 6.07) is 8.40. The molecule has 1 aromatic carbocycles. The highest BCUT2D eigenvalue weighted by Crippen LogP contribution is 2.33. The molecule has 2 aliphatic heterocycles. The third kappa shape index (κ3) is 2.12. The number of rotatable bonds is 3. The molecule has 2 unspecified atom stereocenters. The first-order chi connectivity index (χ1) is 8.79. The third-order valence-electron chi connectivity index (χ3n) is 3.75. The molecule has 0 amide bonds. The van der Waals surface area contributed by atoms with Gasteiger partial charge in [0.1, 0.15) is 5.75 Å². The molecule has 98 valence electrons. The molecule has 0 aromatic heterocycles. The maximum absolute atomic E-state index is 12.7. The second-order valence-electron chi connectivity index (χ2n) is 4.83. The fourth-order valence-corrected chi connectivity index (χ4v) is 4.40. The van der Waals surface area contributed by atoms with Crippen molar-refractivity contribution >= 4 is 11.4 Å². The van der Waals surface area contributed by atoms with E-state index in [4.69, 9.17) is 4.74 Å². The third-order valence-corrected chi connectivity index (χ3v) is 5.38. The van der Waals surface area contributed by atoms with Crippen LogP contribution in [0.4, 0.5) is 0 Å². The molecule has 18 heavy (non-hydrogen) atoms. The molecule has 0 saturated carbocycles. The average Bonchev–Trinajstić information content (AvgIpc) is 2.67. The van der Waals surface area contributed by atoms with Crippen LogP contribution in [0.1, 0.15) is 12.8 Å². The van der Waals surface area contributed by atoms with Gasteiger partial charge in [0.2, 0.25) is 0 Å². The van der Waals surface area contributed by atoms with Crippen molar-refractivity contribution in [2.75, 3.05) is 20.2 Å². The fourth-order valence-electron chi connectivity index (χ4n) is 2.84. The molecule has 3 atom stereocenters. The fraction of sp³-hybridized carbons (Fsp3) is 0.538. The van der Waals surface area contributed by atoms with Crippen molar-refractivity contribution in [3.05, 3.63) is 24.3 Å². The van der Waals surface area contributed by atoms with Gasteiger partial charge in [0.15, 0.2) is 4.90 Å². The number of fused-ring (bicyclic) bond motifs is 2. The summed E-state index contributed by atoms with van der Waals surface area (Å²) in [6.45, 7) is 1.90. The molecule has 5 heteroatoms. The minimum absolute atomic E-state index is 0.413. The summed E-state index contributed by atoms with van der Waals surface area (Å²) < 4.78 is 20.1. The van der Waals surface area contributed by atoms with E-state index in [9.17, 15) is 4.55 Å². The van der Waals surface area contributed by atoms with E-state index >= 15 is 0 Å². The minimum Gasteiger partial charge on any atom is -0.593 e. The van der Waals surface area contributed by atoms with E-state index in [1.807, 2.05) is 24.3 Å². The second kappa shape index (κ2) is 5.09. The van der Waals surface area contributed by atoms with Gasteiger partial charge >= 0.3 is 0 Å².